The van der Waals surface area contributed by atoms with E-state index in [4.69, 9.17) is 9.72 Å². The van der Waals surface area contributed by atoms with Crippen molar-refractivity contribution in [3.8, 4) is 0 Å². The van der Waals surface area contributed by atoms with Crippen LogP contribution in [0.5, 0.6) is 0 Å². The van der Waals surface area contributed by atoms with Crippen LogP contribution in [0.15, 0.2) is 29.6 Å². The van der Waals surface area contributed by atoms with Gasteiger partial charge in [-0.25, -0.2) is 4.98 Å². The Labute approximate surface area is 118 Å². The van der Waals surface area contributed by atoms with Gasteiger partial charge in [0.25, 0.3) is 0 Å². The number of aryl methyl sites for hydroxylation is 2. The van der Waals surface area contributed by atoms with E-state index < -0.39 is 0 Å². The standard InChI is InChI=1S/C16H19NOS/c1-12-3-5-14(6-4-12)16(7-9-18-10-8-16)15-17-13(2)11-19-15/h3-6,11H,7-10H2,1-2H3. The van der Waals surface area contributed by atoms with Gasteiger partial charge in [0.15, 0.2) is 0 Å². The summed E-state index contributed by atoms with van der Waals surface area (Å²) in [6, 6.07) is 8.93. The molecule has 0 radical (unpaired) electrons. The average molecular weight is 273 g/mol. The van der Waals surface area contributed by atoms with Crippen LogP contribution in [0.4, 0.5) is 0 Å². The lowest BCUT2D eigenvalue weighted by molar-refractivity contribution is 0.0630. The van der Waals surface area contributed by atoms with E-state index in [0.29, 0.717) is 0 Å². The molecule has 1 aliphatic rings. The van der Waals surface area contributed by atoms with Gasteiger partial charge >= 0.3 is 0 Å². The number of ether oxygens (including phenoxy) is 1. The van der Waals surface area contributed by atoms with E-state index in [2.05, 4.69) is 43.5 Å². The Kier molecular flexibility index (Phi) is 3.42. The average Bonchev–Trinajstić information content (AvgIpc) is 2.87. The molecule has 0 saturated carbocycles. The van der Waals surface area contributed by atoms with Crippen molar-refractivity contribution in [3.63, 3.8) is 0 Å². The van der Waals surface area contributed by atoms with Gasteiger partial charge in [0.05, 0.1) is 5.41 Å². The van der Waals surface area contributed by atoms with Crippen molar-refractivity contribution in [2.24, 2.45) is 0 Å². The van der Waals surface area contributed by atoms with Gasteiger partial charge in [-0.3, -0.25) is 0 Å². The number of thiazole rings is 1. The Morgan fingerprint density at radius 2 is 1.79 bits per heavy atom. The maximum Gasteiger partial charge on any atom is 0.104 e. The summed E-state index contributed by atoms with van der Waals surface area (Å²) in [6.45, 7) is 5.86. The third-order valence-corrected chi connectivity index (χ3v) is 5.14. The Balaban J connectivity index is 2.08. The summed E-state index contributed by atoms with van der Waals surface area (Å²) in [5.74, 6) is 0. The smallest absolute Gasteiger partial charge is 0.104 e. The van der Waals surface area contributed by atoms with Crippen LogP contribution in [0.3, 0.4) is 0 Å². The van der Waals surface area contributed by atoms with Crippen LogP contribution in [0.2, 0.25) is 0 Å². The minimum atomic E-state index is 0.0604. The van der Waals surface area contributed by atoms with E-state index in [1.165, 1.54) is 16.1 Å². The van der Waals surface area contributed by atoms with Gasteiger partial charge in [0.1, 0.15) is 5.01 Å². The van der Waals surface area contributed by atoms with Crippen LogP contribution in [0, 0.1) is 13.8 Å². The number of aromatic nitrogens is 1. The fourth-order valence-electron chi connectivity index (χ4n) is 2.79. The van der Waals surface area contributed by atoms with Gasteiger partial charge in [-0.2, -0.15) is 0 Å². The van der Waals surface area contributed by atoms with Crippen molar-refractivity contribution in [1.29, 1.82) is 0 Å². The molecule has 2 aromatic rings. The predicted molar refractivity (Wildman–Crippen MR) is 78.9 cm³/mol. The first-order chi connectivity index (χ1) is 9.21. The Hall–Kier alpha value is -1.19. The quantitative estimate of drug-likeness (QED) is 0.829. The van der Waals surface area contributed by atoms with Gasteiger partial charge in [0, 0.05) is 24.3 Å². The van der Waals surface area contributed by atoms with E-state index in [9.17, 15) is 0 Å². The molecule has 0 bridgehead atoms. The van der Waals surface area contributed by atoms with E-state index in [1.54, 1.807) is 11.3 Å². The minimum absolute atomic E-state index is 0.0604. The number of rotatable bonds is 2. The lowest BCUT2D eigenvalue weighted by atomic mass is 9.74. The summed E-state index contributed by atoms with van der Waals surface area (Å²) < 4.78 is 5.58. The second kappa shape index (κ2) is 5.06. The predicted octanol–water partition coefficient (Wildman–Crippen LogP) is 3.86. The zero-order valence-corrected chi connectivity index (χ0v) is 12.3. The molecule has 0 atom stereocenters. The molecule has 3 rings (SSSR count). The summed E-state index contributed by atoms with van der Waals surface area (Å²) in [5.41, 5.74) is 3.88. The first kappa shape index (κ1) is 12.8. The highest BCUT2D eigenvalue weighted by atomic mass is 32.1. The van der Waals surface area contributed by atoms with Crippen molar-refractivity contribution in [3.05, 3.63) is 51.5 Å². The number of nitrogens with zero attached hydrogens (tertiary/aromatic N) is 1. The Bertz CT molecular complexity index is 552. The molecule has 100 valence electrons. The minimum Gasteiger partial charge on any atom is -0.381 e. The summed E-state index contributed by atoms with van der Waals surface area (Å²) >= 11 is 1.79. The van der Waals surface area contributed by atoms with Gasteiger partial charge in [-0.15, -0.1) is 11.3 Å². The highest BCUT2D eigenvalue weighted by molar-refractivity contribution is 7.09. The van der Waals surface area contributed by atoms with Crippen LogP contribution < -0.4 is 0 Å². The molecule has 2 heterocycles. The summed E-state index contributed by atoms with van der Waals surface area (Å²) in [6.07, 6.45) is 2.06. The van der Waals surface area contributed by atoms with Crippen LogP contribution in [-0.4, -0.2) is 18.2 Å². The topological polar surface area (TPSA) is 22.1 Å². The van der Waals surface area contributed by atoms with Crippen molar-refractivity contribution >= 4 is 11.3 Å². The fraction of sp³-hybridized carbons (Fsp3) is 0.438. The second-order valence-corrected chi connectivity index (χ2v) is 6.21. The zero-order chi connectivity index (χ0) is 13.3. The molecule has 1 aliphatic heterocycles. The SMILES string of the molecule is Cc1ccc(C2(c3nc(C)cs3)CCOCC2)cc1. The molecule has 1 aromatic carbocycles. The third-order valence-electron chi connectivity index (χ3n) is 3.98. The molecule has 0 amide bonds. The van der Waals surface area contributed by atoms with Crippen molar-refractivity contribution in [2.45, 2.75) is 32.1 Å². The molecular formula is C16H19NOS. The van der Waals surface area contributed by atoms with Crippen LogP contribution >= 0.6 is 11.3 Å². The monoisotopic (exact) mass is 273 g/mol. The summed E-state index contributed by atoms with van der Waals surface area (Å²) in [5, 5.41) is 3.40. The van der Waals surface area contributed by atoms with Crippen molar-refractivity contribution in [1.82, 2.24) is 4.98 Å². The molecule has 3 heteroatoms. The molecule has 0 N–H and O–H groups in total. The van der Waals surface area contributed by atoms with Gasteiger partial charge in [-0.1, -0.05) is 29.8 Å². The fourth-order valence-corrected chi connectivity index (χ4v) is 3.87. The largest absolute Gasteiger partial charge is 0.381 e. The summed E-state index contributed by atoms with van der Waals surface area (Å²) in [4.78, 5) is 4.77. The third kappa shape index (κ3) is 2.33. The molecule has 1 saturated heterocycles. The lowest BCUT2D eigenvalue weighted by Crippen LogP contribution is -2.35. The molecule has 2 nitrogen and oxygen atoms in total. The highest BCUT2D eigenvalue weighted by Crippen LogP contribution is 2.42. The lowest BCUT2D eigenvalue weighted by Gasteiger charge is -2.36. The number of hydrogen-bond donors (Lipinski definition) is 0. The first-order valence-electron chi connectivity index (χ1n) is 6.78. The van der Waals surface area contributed by atoms with Gasteiger partial charge in [-0.05, 0) is 32.3 Å². The normalized spacial score (nSPS) is 18.4. The molecular weight excluding hydrogens is 254 g/mol. The Morgan fingerprint density at radius 1 is 1.11 bits per heavy atom. The maximum atomic E-state index is 5.58. The van der Waals surface area contributed by atoms with Gasteiger partial charge in [0.2, 0.25) is 0 Å². The maximum absolute atomic E-state index is 5.58. The molecule has 19 heavy (non-hydrogen) atoms. The van der Waals surface area contributed by atoms with Crippen molar-refractivity contribution in [2.75, 3.05) is 13.2 Å². The van der Waals surface area contributed by atoms with Gasteiger partial charge < -0.3 is 4.74 Å². The zero-order valence-electron chi connectivity index (χ0n) is 11.5. The molecule has 1 fully saturated rings. The van der Waals surface area contributed by atoms with E-state index in [0.717, 1.165) is 31.7 Å². The second-order valence-electron chi connectivity index (χ2n) is 5.35. The molecule has 0 unspecified atom stereocenters. The molecule has 1 aromatic heterocycles. The Morgan fingerprint density at radius 3 is 2.37 bits per heavy atom. The van der Waals surface area contributed by atoms with E-state index >= 15 is 0 Å². The van der Waals surface area contributed by atoms with Crippen LogP contribution in [-0.2, 0) is 10.2 Å². The molecule has 0 aliphatic carbocycles. The van der Waals surface area contributed by atoms with E-state index in [1.807, 2.05) is 0 Å². The summed E-state index contributed by atoms with van der Waals surface area (Å²) in [7, 11) is 0. The highest BCUT2D eigenvalue weighted by Gasteiger charge is 2.38. The van der Waals surface area contributed by atoms with Crippen LogP contribution in [0.1, 0.15) is 34.7 Å². The first-order valence-corrected chi connectivity index (χ1v) is 7.66. The van der Waals surface area contributed by atoms with E-state index in [-0.39, 0.29) is 5.41 Å². The van der Waals surface area contributed by atoms with Crippen LogP contribution in [0.25, 0.3) is 0 Å². The molecule has 0 spiro atoms. The van der Waals surface area contributed by atoms with Crippen molar-refractivity contribution < 1.29 is 4.74 Å². The number of hydrogen-bond acceptors (Lipinski definition) is 3. The number of benzene rings is 1.